The summed E-state index contributed by atoms with van der Waals surface area (Å²) in [6, 6.07) is 10.4. The van der Waals surface area contributed by atoms with Gasteiger partial charge in [0.15, 0.2) is 0 Å². The number of nitrogens with zero attached hydrogens (tertiary/aromatic N) is 2. The Morgan fingerprint density at radius 1 is 1.14 bits per heavy atom. The molecule has 0 aromatic heterocycles. The number of nitrogens with two attached hydrogens (primary N) is 1. The summed E-state index contributed by atoms with van der Waals surface area (Å²) in [7, 11) is 3.94. The molecule has 0 aliphatic heterocycles. The van der Waals surface area contributed by atoms with Gasteiger partial charge in [0.25, 0.3) is 5.69 Å². The van der Waals surface area contributed by atoms with Crippen LogP contribution in [0.1, 0.15) is 5.56 Å². The third-order valence-electron chi connectivity index (χ3n) is 3.13. The highest BCUT2D eigenvalue weighted by molar-refractivity contribution is 5.71. The van der Waals surface area contributed by atoms with Crippen LogP contribution in [0.4, 0.5) is 28.4 Å². The molecule has 0 bridgehead atoms. The van der Waals surface area contributed by atoms with E-state index in [0.717, 1.165) is 16.9 Å². The first kappa shape index (κ1) is 14.6. The van der Waals surface area contributed by atoms with Gasteiger partial charge in [0.1, 0.15) is 0 Å². The number of nitro benzene ring substituents is 1. The normalized spacial score (nSPS) is 10.2. The van der Waals surface area contributed by atoms with Gasteiger partial charge in [-0.05, 0) is 30.7 Å². The highest BCUT2D eigenvalue weighted by Crippen LogP contribution is 2.28. The van der Waals surface area contributed by atoms with Crippen LogP contribution in [0.2, 0.25) is 0 Å². The number of aryl methyl sites for hydroxylation is 1. The maximum absolute atomic E-state index is 10.9. The minimum atomic E-state index is -0.456. The molecule has 21 heavy (non-hydrogen) atoms. The molecule has 0 radical (unpaired) electrons. The van der Waals surface area contributed by atoms with Crippen molar-refractivity contribution in [3.05, 3.63) is 52.1 Å². The van der Waals surface area contributed by atoms with Gasteiger partial charge in [0.05, 0.1) is 4.92 Å². The second-order valence-electron chi connectivity index (χ2n) is 5.09. The molecule has 0 unspecified atom stereocenters. The topological polar surface area (TPSA) is 84.4 Å². The first-order valence-electron chi connectivity index (χ1n) is 6.47. The number of nitrogens with one attached hydrogen (secondary N) is 1. The van der Waals surface area contributed by atoms with Crippen molar-refractivity contribution in [3.63, 3.8) is 0 Å². The van der Waals surface area contributed by atoms with E-state index in [9.17, 15) is 10.1 Å². The van der Waals surface area contributed by atoms with E-state index in [1.807, 2.05) is 44.1 Å². The number of rotatable bonds is 4. The van der Waals surface area contributed by atoms with Crippen LogP contribution in [0.25, 0.3) is 0 Å². The molecular formula is C15H18N4O2. The van der Waals surface area contributed by atoms with E-state index in [4.69, 9.17) is 5.73 Å². The van der Waals surface area contributed by atoms with Crippen LogP contribution in [0, 0.1) is 17.0 Å². The lowest BCUT2D eigenvalue weighted by atomic mass is 10.1. The van der Waals surface area contributed by atoms with E-state index in [1.54, 1.807) is 6.07 Å². The highest BCUT2D eigenvalue weighted by atomic mass is 16.6. The van der Waals surface area contributed by atoms with Gasteiger partial charge < -0.3 is 16.0 Å². The number of anilines is 4. The summed E-state index contributed by atoms with van der Waals surface area (Å²) in [5.74, 6) is 0. The molecule has 6 heteroatoms. The standard InChI is InChI=1S/C15H18N4O2/c1-10-4-5-12(9-15(10)18(2)3)17-13-6-11(16)7-14(8-13)19(20)21/h4-9,17H,16H2,1-3H3. The molecule has 0 saturated carbocycles. The Morgan fingerprint density at radius 3 is 2.48 bits per heavy atom. The quantitative estimate of drug-likeness (QED) is 0.512. The van der Waals surface area contributed by atoms with Gasteiger partial charge in [-0.2, -0.15) is 0 Å². The van der Waals surface area contributed by atoms with Crippen molar-refractivity contribution in [3.8, 4) is 0 Å². The van der Waals surface area contributed by atoms with Crippen LogP contribution < -0.4 is 16.0 Å². The molecule has 0 aliphatic rings. The third-order valence-corrected chi connectivity index (χ3v) is 3.13. The second-order valence-corrected chi connectivity index (χ2v) is 5.09. The lowest BCUT2D eigenvalue weighted by Gasteiger charge is -2.17. The van der Waals surface area contributed by atoms with Gasteiger partial charge in [-0.1, -0.05) is 6.07 Å². The maximum atomic E-state index is 10.9. The summed E-state index contributed by atoms with van der Waals surface area (Å²) in [6.07, 6.45) is 0. The Hall–Kier alpha value is -2.76. The van der Waals surface area contributed by atoms with E-state index in [-0.39, 0.29) is 5.69 Å². The Morgan fingerprint density at radius 2 is 1.86 bits per heavy atom. The van der Waals surface area contributed by atoms with Gasteiger partial charge in [-0.25, -0.2) is 0 Å². The smallest absolute Gasteiger partial charge is 0.273 e. The van der Waals surface area contributed by atoms with Gasteiger partial charge in [-0.15, -0.1) is 0 Å². The van der Waals surface area contributed by atoms with Crippen molar-refractivity contribution in [1.29, 1.82) is 0 Å². The molecule has 2 aromatic rings. The summed E-state index contributed by atoms with van der Waals surface area (Å²) < 4.78 is 0. The summed E-state index contributed by atoms with van der Waals surface area (Å²) in [5.41, 5.74) is 9.71. The largest absolute Gasteiger partial charge is 0.398 e. The summed E-state index contributed by atoms with van der Waals surface area (Å²) >= 11 is 0. The van der Waals surface area contributed by atoms with E-state index in [2.05, 4.69) is 5.32 Å². The third kappa shape index (κ3) is 3.42. The predicted molar refractivity (Wildman–Crippen MR) is 86.3 cm³/mol. The van der Waals surface area contributed by atoms with Crippen molar-refractivity contribution in [2.24, 2.45) is 0 Å². The number of non-ortho nitro benzene ring substituents is 1. The number of nitrogen functional groups attached to an aromatic ring is 1. The Bertz CT molecular complexity index is 683. The minimum absolute atomic E-state index is 0.0301. The van der Waals surface area contributed by atoms with E-state index < -0.39 is 4.92 Å². The molecule has 0 heterocycles. The average molecular weight is 286 g/mol. The van der Waals surface area contributed by atoms with Crippen LogP contribution >= 0.6 is 0 Å². The molecule has 6 nitrogen and oxygen atoms in total. The second kappa shape index (κ2) is 5.70. The molecule has 0 saturated heterocycles. The lowest BCUT2D eigenvalue weighted by Crippen LogP contribution is -2.10. The zero-order chi connectivity index (χ0) is 15.6. The summed E-state index contributed by atoms with van der Waals surface area (Å²) in [6.45, 7) is 2.03. The van der Waals surface area contributed by atoms with Crippen molar-refractivity contribution < 1.29 is 4.92 Å². The zero-order valence-electron chi connectivity index (χ0n) is 12.3. The Balaban J connectivity index is 2.34. The molecule has 110 valence electrons. The van der Waals surface area contributed by atoms with Crippen LogP contribution in [0.15, 0.2) is 36.4 Å². The number of hydrogen-bond acceptors (Lipinski definition) is 5. The van der Waals surface area contributed by atoms with Crippen LogP contribution in [0.5, 0.6) is 0 Å². The van der Waals surface area contributed by atoms with Crippen LogP contribution in [-0.2, 0) is 0 Å². The molecule has 0 amide bonds. The fourth-order valence-electron chi connectivity index (χ4n) is 2.15. The lowest BCUT2D eigenvalue weighted by molar-refractivity contribution is -0.384. The molecule has 0 spiro atoms. The fourth-order valence-corrected chi connectivity index (χ4v) is 2.15. The van der Waals surface area contributed by atoms with E-state index in [0.29, 0.717) is 11.4 Å². The Kier molecular flexibility index (Phi) is 3.98. The molecule has 2 rings (SSSR count). The molecule has 0 atom stereocenters. The molecule has 3 N–H and O–H groups in total. The van der Waals surface area contributed by atoms with Crippen LogP contribution in [-0.4, -0.2) is 19.0 Å². The molecule has 0 aliphatic carbocycles. The van der Waals surface area contributed by atoms with Crippen LogP contribution in [0.3, 0.4) is 0 Å². The fraction of sp³-hybridized carbons (Fsp3) is 0.200. The SMILES string of the molecule is Cc1ccc(Nc2cc(N)cc([N+](=O)[O-])c2)cc1N(C)C. The van der Waals surface area contributed by atoms with Gasteiger partial charge in [0.2, 0.25) is 0 Å². The average Bonchev–Trinajstić information content (AvgIpc) is 2.40. The van der Waals surface area contributed by atoms with Gasteiger partial charge in [0, 0.05) is 49.0 Å². The predicted octanol–water partition coefficient (Wildman–Crippen LogP) is 3.30. The molecule has 0 fully saturated rings. The first-order valence-corrected chi connectivity index (χ1v) is 6.47. The van der Waals surface area contributed by atoms with Crippen molar-refractivity contribution in [1.82, 2.24) is 0 Å². The first-order chi connectivity index (χ1) is 9.86. The number of hydrogen-bond donors (Lipinski definition) is 2. The number of nitro groups is 1. The molecule has 2 aromatic carbocycles. The van der Waals surface area contributed by atoms with Gasteiger partial charge >= 0.3 is 0 Å². The van der Waals surface area contributed by atoms with Gasteiger partial charge in [-0.3, -0.25) is 10.1 Å². The monoisotopic (exact) mass is 286 g/mol. The van der Waals surface area contributed by atoms with E-state index >= 15 is 0 Å². The summed E-state index contributed by atoms with van der Waals surface area (Å²) in [5, 5.41) is 14.0. The minimum Gasteiger partial charge on any atom is -0.398 e. The molecular weight excluding hydrogens is 268 g/mol. The highest BCUT2D eigenvalue weighted by Gasteiger charge is 2.09. The van der Waals surface area contributed by atoms with E-state index in [1.165, 1.54) is 12.1 Å². The van der Waals surface area contributed by atoms with Crippen molar-refractivity contribution in [2.45, 2.75) is 6.92 Å². The summed E-state index contributed by atoms with van der Waals surface area (Å²) in [4.78, 5) is 12.4. The van der Waals surface area contributed by atoms with Crippen molar-refractivity contribution in [2.75, 3.05) is 30.0 Å². The zero-order valence-corrected chi connectivity index (χ0v) is 12.3. The Labute approximate surface area is 123 Å². The van der Waals surface area contributed by atoms with Crippen molar-refractivity contribution >= 4 is 28.4 Å². The maximum Gasteiger partial charge on any atom is 0.273 e. The number of benzene rings is 2.